The molecule has 0 saturated heterocycles. The second kappa shape index (κ2) is 4.60. The first kappa shape index (κ1) is 12.0. The normalized spacial score (nSPS) is 11.2. The first-order valence-electron chi connectivity index (χ1n) is 5.35. The Bertz CT molecular complexity index is 346. The van der Waals surface area contributed by atoms with E-state index in [4.69, 9.17) is 0 Å². The summed E-state index contributed by atoms with van der Waals surface area (Å²) in [5.74, 6) is 0.121. The van der Waals surface area contributed by atoms with Crippen LogP contribution in [0.25, 0.3) is 0 Å². The third kappa shape index (κ3) is 2.28. The lowest BCUT2D eigenvalue weighted by molar-refractivity contribution is 0.555. The van der Waals surface area contributed by atoms with Crippen molar-refractivity contribution < 1.29 is 4.39 Å². The minimum atomic E-state index is -0.362. The SMILES string of the molecule is CNc1c(C(C)C)cnc(F)c1C(C)C. The molecule has 84 valence electrons. The molecule has 1 heterocycles. The van der Waals surface area contributed by atoms with Gasteiger partial charge in [-0.2, -0.15) is 4.39 Å². The van der Waals surface area contributed by atoms with Gasteiger partial charge in [0.15, 0.2) is 0 Å². The molecule has 0 radical (unpaired) electrons. The zero-order chi connectivity index (χ0) is 11.6. The average Bonchev–Trinajstić information content (AvgIpc) is 2.15. The Balaban J connectivity index is 3.40. The first-order valence-corrected chi connectivity index (χ1v) is 5.35. The van der Waals surface area contributed by atoms with Crippen LogP contribution < -0.4 is 5.32 Å². The summed E-state index contributed by atoms with van der Waals surface area (Å²) in [5.41, 5.74) is 2.65. The van der Waals surface area contributed by atoms with E-state index in [1.54, 1.807) is 6.20 Å². The molecule has 0 atom stereocenters. The molecule has 1 rings (SSSR count). The molecule has 0 fully saturated rings. The quantitative estimate of drug-likeness (QED) is 0.772. The van der Waals surface area contributed by atoms with Crippen molar-refractivity contribution in [2.75, 3.05) is 12.4 Å². The molecule has 2 nitrogen and oxygen atoms in total. The van der Waals surface area contributed by atoms with E-state index in [0.717, 1.165) is 11.3 Å². The van der Waals surface area contributed by atoms with Crippen molar-refractivity contribution in [2.24, 2.45) is 0 Å². The van der Waals surface area contributed by atoms with Crippen molar-refractivity contribution in [3.8, 4) is 0 Å². The average molecular weight is 210 g/mol. The molecule has 0 aromatic carbocycles. The first-order chi connectivity index (χ1) is 6.99. The number of pyridine rings is 1. The number of halogens is 1. The number of nitrogens with one attached hydrogen (secondary N) is 1. The molecule has 0 saturated carbocycles. The molecular formula is C12H19FN2. The van der Waals surface area contributed by atoms with Gasteiger partial charge in [-0.1, -0.05) is 27.7 Å². The fraction of sp³-hybridized carbons (Fsp3) is 0.583. The van der Waals surface area contributed by atoms with Crippen molar-refractivity contribution in [2.45, 2.75) is 39.5 Å². The molecule has 0 amide bonds. The zero-order valence-corrected chi connectivity index (χ0v) is 10.1. The Hall–Kier alpha value is -1.12. The number of anilines is 1. The summed E-state index contributed by atoms with van der Waals surface area (Å²) in [6.07, 6.45) is 1.62. The standard InChI is InChI=1S/C12H19FN2/c1-7(2)9-6-15-12(13)10(8(3)4)11(9)14-5/h6-8H,1-5H3,(H,14,15). The number of hydrogen-bond donors (Lipinski definition) is 1. The van der Waals surface area contributed by atoms with Gasteiger partial charge in [0.1, 0.15) is 0 Å². The van der Waals surface area contributed by atoms with E-state index in [9.17, 15) is 4.39 Å². The Morgan fingerprint density at radius 1 is 1.20 bits per heavy atom. The van der Waals surface area contributed by atoms with E-state index in [2.05, 4.69) is 24.1 Å². The van der Waals surface area contributed by atoms with E-state index in [1.165, 1.54) is 0 Å². The predicted octanol–water partition coefficient (Wildman–Crippen LogP) is 3.51. The highest BCUT2D eigenvalue weighted by atomic mass is 19.1. The van der Waals surface area contributed by atoms with E-state index in [1.807, 2.05) is 20.9 Å². The van der Waals surface area contributed by atoms with Crippen molar-refractivity contribution in [1.82, 2.24) is 4.98 Å². The van der Waals surface area contributed by atoms with Crippen LogP contribution in [0, 0.1) is 5.95 Å². The summed E-state index contributed by atoms with van der Waals surface area (Å²) in [4.78, 5) is 3.82. The van der Waals surface area contributed by atoms with Gasteiger partial charge in [0.25, 0.3) is 0 Å². The summed E-state index contributed by atoms with van der Waals surface area (Å²) in [5, 5.41) is 3.09. The Kier molecular flexibility index (Phi) is 3.66. The lowest BCUT2D eigenvalue weighted by atomic mass is 9.95. The van der Waals surface area contributed by atoms with Gasteiger partial charge >= 0.3 is 0 Å². The summed E-state index contributed by atoms with van der Waals surface area (Å²) in [6, 6.07) is 0. The van der Waals surface area contributed by atoms with E-state index >= 15 is 0 Å². The largest absolute Gasteiger partial charge is 0.387 e. The third-order valence-electron chi connectivity index (χ3n) is 2.55. The summed E-state index contributed by atoms with van der Waals surface area (Å²) in [6.45, 7) is 8.12. The van der Waals surface area contributed by atoms with Crippen LogP contribution in [0.5, 0.6) is 0 Å². The molecule has 1 aromatic heterocycles. The number of hydrogen-bond acceptors (Lipinski definition) is 2. The van der Waals surface area contributed by atoms with Crippen LogP contribution >= 0.6 is 0 Å². The number of aromatic nitrogens is 1. The minimum Gasteiger partial charge on any atom is -0.387 e. The highest BCUT2D eigenvalue weighted by Gasteiger charge is 2.17. The van der Waals surface area contributed by atoms with Crippen LogP contribution in [0.4, 0.5) is 10.1 Å². The van der Waals surface area contributed by atoms with Crippen molar-refractivity contribution in [3.63, 3.8) is 0 Å². The Morgan fingerprint density at radius 3 is 2.20 bits per heavy atom. The van der Waals surface area contributed by atoms with Crippen LogP contribution in [0.3, 0.4) is 0 Å². The zero-order valence-electron chi connectivity index (χ0n) is 10.1. The van der Waals surface area contributed by atoms with E-state index < -0.39 is 0 Å². The van der Waals surface area contributed by atoms with Crippen LogP contribution in [0.15, 0.2) is 6.20 Å². The van der Waals surface area contributed by atoms with Gasteiger partial charge in [-0.15, -0.1) is 0 Å². The minimum absolute atomic E-state index is 0.138. The van der Waals surface area contributed by atoms with Crippen LogP contribution in [0.2, 0.25) is 0 Å². The highest BCUT2D eigenvalue weighted by molar-refractivity contribution is 5.58. The van der Waals surface area contributed by atoms with Gasteiger partial charge in [0.2, 0.25) is 5.95 Å². The molecule has 1 N–H and O–H groups in total. The maximum Gasteiger partial charge on any atom is 0.218 e. The van der Waals surface area contributed by atoms with Gasteiger partial charge in [0, 0.05) is 24.5 Å². The topological polar surface area (TPSA) is 24.9 Å². The molecule has 3 heteroatoms. The second-order valence-electron chi connectivity index (χ2n) is 4.35. The molecule has 0 bridgehead atoms. The van der Waals surface area contributed by atoms with Crippen molar-refractivity contribution in [1.29, 1.82) is 0 Å². The lowest BCUT2D eigenvalue weighted by Gasteiger charge is -2.18. The molecule has 15 heavy (non-hydrogen) atoms. The molecule has 0 aliphatic heterocycles. The van der Waals surface area contributed by atoms with Crippen molar-refractivity contribution in [3.05, 3.63) is 23.3 Å². The van der Waals surface area contributed by atoms with Crippen molar-refractivity contribution >= 4 is 5.69 Å². The highest BCUT2D eigenvalue weighted by Crippen LogP contribution is 2.32. The molecule has 0 spiro atoms. The second-order valence-corrected chi connectivity index (χ2v) is 4.35. The smallest absolute Gasteiger partial charge is 0.218 e. The lowest BCUT2D eigenvalue weighted by Crippen LogP contribution is -2.07. The van der Waals surface area contributed by atoms with Crippen LogP contribution in [-0.4, -0.2) is 12.0 Å². The Labute approximate surface area is 90.9 Å². The third-order valence-corrected chi connectivity index (χ3v) is 2.55. The number of nitrogens with zero attached hydrogens (tertiary/aromatic N) is 1. The van der Waals surface area contributed by atoms with Crippen LogP contribution in [-0.2, 0) is 0 Å². The molecule has 1 aromatic rings. The molecule has 0 aliphatic carbocycles. The fourth-order valence-corrected chi connectivity index (χ4v) is 1.76. The molecule has 0 unspecified atom stereocenters. The summed E-state index contributed by atoms with van der Waals surface area (Å²) < 4.78 is 13.6. The molecule has 0 aliphatic rings. The van der Waals surface area contributed by atoms with Gasteiger partial charge in [-0.25, -0.2) is 4.98 Å². The molecular weight excluding hydrogens is 191 g/mol. The summed E-state index contributed by atoms with van der Waals surface area (Å²) in [7, 11) is 1.83. The monoisotopic (exact) mass is 210 g/mol. The maximum atomic E-state index is 13.6. The summed E-state index contributed by atoms with van der Waals surface area (Å²) >= 11 is 0. The van der Waals surface area contributed by atoms with Gasteiger partial charge in [-0.3, -0.25) is 0 Å². The van der Waals surface area contributed by atoms with Crippen LogP contribution in [0.1, 0.15) is 50.7 Å². The van der Waals surface area contributed by atoms with E-state index in [0.29, 0.717) is 11.5 Å². The van der Waals surface area contributed by atoms with Gasteiger partial charge in [-0.05, 0) is 17.4 Å². The predicted molar refractivity (Wildman–Crippen MR) is 61.9 cm³/mol. The Morgan fingerprint density at radius 2 is 1.80 bits per heavy atom. The van der Waals surface area contributed by atoms with E-state index in [-0.39, 0.29) is 11.9 Å². The maximum absolute atomic E-state index is 13.6. The van der Waals surface area contributed by atoms with Gasteiger partial charge in [0.05, 0.1) is 0 Å². The van der Waals surface area contributed by atoms with Gasteiger partial charge < -0.3 is 5.32 Å². The number of rotatable bonds is 3. The fourth-order valence-electron chi connectivity index (χ4n) is 1.76.